The molecule has 2 aromatic rings. The van der Waals surface area contributed by atoms with Crippen LogP contribution >= 0.6 is 0 Å². The Bertz CT molecular complexity index is 535. The number of furan rings is 1. The van der Waals surface area contributed by atoms with E-state index in [1.54, 1.807) is 26.1 Å². The van der Waals surface area contributed by atoms with Gasteiger partial charge in [-0.15, -0.1) is 10.2 Å². The number of rotatable bonds is 6. The van der Waals surface area contributed by atoms with E-state index in [0.717, 1.165) is 0 Å². The summed E-state index contributed by atoms with van der Waals surface area (Å²) in [6.45, 7) is 2.46. The van der Waals surface area contributed by atoms with E-state index in [9.17, 15) is 4.79 Å². The average Bonchev–Trinajstić information content (AvgIpc) is 2.97. The van der Waals surface area contributed by atoms with E-state index in [1.807, 2.05) is 4.90 Å². The van der Waals surface area contributed by atoms with Crippen molar-refractivity contribution in [2.24, 2.45) is 5.92 Å². The third kappa shape index (κ3) is 3.41. The summed E-state index contributed by atoms with van der Waals surface area (Å²) in [5.74, 6) is -0.0161. The van der Waals surface area contributed by atoms with Gasteiger partial charge < -0.3 is 13.9 Å². The predicted octanol–water partition coefficient (Wildman–Crippen LogP) is 1.48. The highest BCUT2D eigenvalue weighted by Gasteiger charge is 2.16. The first kappa shape index (κ1) is 13.3. The van der Waals surface area contributed by atoms with E-state index in [-0.39, 0.29) is 0 Å². The molecule has 0 saturated carbocycles. The fraction of sp³-hybridized carbons (Fsp3) is 0.417. The number of aliphatic carboxylic acids is 1. The molecule has 7 nitrogen and oxygen atoms in total. The molecular formula is C12H15N3O4. The molecule has 1 atom stereocenters. The Labute approximate surface area is 109 Å². The van der Waals surface area contributed by atoms with Gasteiger partial charge in [0.15, 0.2) is 5.76 Å². The molecule has 0 fully saturated rings. The highest BCUT2D eigenvalue weighted by atomic mass is 16.4. The lowest BCUT2D eigenvalue weighted by atomic mass is 10.2. The fourth-order valence-electron chi connectivity index (χ4n) is 1.66. The number of carboxylic acid groups (broad SMARTS) is 1. The molecule has 0 spiro atoms. The lowest BCUT2D eigenvalue weighted by molar-refractivity contribution is -0.141. The first-order chi connectivity index (χ1) is 9.06. The van der Waals surface area contributed by atoms with Gasteiger partial charge in [-0.05, 0) is 19.2 Å². The van der Waals surface area contributed by atoms with Crippen LogP contribution in [0.5, 0.6) is 0 Å². The number of aromatic nitrogens is 2. The normalized spacial score (nSPS) is 12.8. The fourth-order valence-corrected chi connectivity index (χ4v) is 1.66. The zero-order valence-electron chi connectivity index (χ0n) is 10.7. The van der Waals surface area contributed by atoms with Gasteiger partial charge in [-0.25, -0.2) is 0 Å². The van der Waals surface area contributed by atoms with Crippen molar-refractivity contribution in [1.82, 2.24) is 15.1 Å². The summed E-state index contributed by atoms with van der Waals surface area (Å²) in [6, 6.07) is 3.47. The first-order valence-corrected chi connectivity index (χ1v) is 5.84. The van der Waals surface area contributed by atoms with Crippen LogP contribution in [0.2, 0.25) is 0 Å². The second-order valence-electron chi connectivity index (χ2n) is 4.41. The SMILES string of the molecule is CC(CN(C)Cc1nnc(-c2ccco2)o1)C(=O)O. The van der Waals surface area contributed by atoms with Crippen molar-refractivity contribution >= 4 is 5.97 Å². The van der Waals surface area contributed by atoms with Crippen LogP contribution < -0.4 is 0 Å². The molecule has 0 aliphatic heterocycles. The predicted molar refractivity (Wildman–Crippen MR) is 65.1 cm³/mol. The molecule has 19 heavy (non-hydrogen) atoms. The molecule has 2 heterocycles. The van der Waals surface area contributed by atoms with Crippen molar-refractivity contribution in [3.8, 4) is 11.7 Å². The monoisotopic (exact) mass is 265 g/mol. The maximum absolute atomic E-state index is 10.8. The minimum absolute atomic E-state index is 0.319. The van der Waals surface area contributed by atoms with E-state index in [0.29, 0.717) is 30.6 Å². The number of carboxylic acids is 1. The summed E-state index contributed by atoms with van der Waals surface area (Å²) in [4.78, 5) is 12.6. The molecule has 1 N–H and O–H groups in total. The zero-order chi connectivity index (χ0) is 13.8. The van der Waals surface area contributed by atoms with Gasteiger partial charge in [0.2, 0.25) is 5.89 Å². The molecule has 102 valence electrons. The van der Waals surface area contributed by atoms with Crippen LogP contribution in [0, 0.1) is 5.92 Å². The summed E-state index contributed by atoms with van der Waals surface area (Å²) in [7, 11) is 1.80. The number of hydrogen-bond donors (Lipinski definition) is 1. The maximum atomic E-state index is 10.8. The van der Waals surface area contributed by atoms with E-state index < -0.39 is 11.9 Å². The van der Waals surface area contributed by atoms with Gasteiger partial charge in [0.25, 0.3) is 5.89 Å². The van der Waals surface area contributed by atoms with Gasteiger partial charge in [-0.1, -0.05) is 6.92 Å². The van der Waals surface area contributed by atoms with E-state index >= 15 is 0 Å². The minimum Gasteiger partial charge on any atom is -0.481 e. The van der Waals surface area contributed by atoms with E-state index in [4.69, 9.17) is 13.9 Å². The largest absolute Gasteiger partial charge is 0.481 e. The van der Waals surface area contributed by atoms with Gasteiger partial charge in [0, 0.05) is 6.54 Å². The Morgan fingerprint density at radius 2 is 2.32 bits per heavy atom. The van der Waals surface area contributed by atoms with Gasteiger partial charge in [0.1, 0.15) is 0 Å². The molecule has 0 aliphatic carbocycles. The average molecular weight is 265 g/mol. The molecule has 0 radical (unpaired) electrons. The molecule has 1 unspecified atom stereocenters. The van der Waals surface area contributed by atoms with Gasteiger partial charge in [-0.2, -0.15) is 0 Å². The van der Waals surface area contributed by atoms with Crippen molar-refractivity contribution < 1.29 is 18.7 Å². The lowest BCUT2D eigenvalue weighted by Gasteiger charge is -2.16. The Morgan fingerprint density at radius 1 is 1.53 bits per heavy atom. The Hall–Kier alpha value is -2.15. The lowest BCUT2D eigenvalue weighted by Crippen LogP contribution is -2.28. The first-order valence-electron chi connectivity index (χ1n) is 5.84. The quantitative estimate of drug-likeness (QED) is 0.845. The summed E-state index contributed by atoms with van der Waals surface area (Å²) in [5, 5.41) is 16.6. The minimum atomic E-state index is -0.825. The third-order valence-corrected chi connectivity index (χ3v) is 2.61. The molecule has 2 rings (SSSR count). The van der Waals surface area contributed by atoms with Crippen LogP contribution in [0.15, 0.2) is 27.2 Å². The van der Waals surface area contributed by atoms with E-state index in [2.05, 4.69) is 10.2 Å². The van der Waals surface area contributed by atoms with E-state index in [1.165, 1.54) is 6.26 Å². The molecule has 0 bridgehead atoms. The Morgan fingerprint density at radius 3 is 2.95 bits per heavy atom. The molecule has 0 aliphatic rings. The molecule has 0 amide bonds. The summed E-state index contributed by atoms with van der Waals surface area (Å²) >= 11 is 0. The smallest absolute Gasteiger partial charge is 0.307 e. The van der Waals surface area contributed by atoms with Gasteiger partial charge >= 0.3 is 5.97 Å². The molecule has 0 saturated heterocycles. The highest BCUT2D eigenvalue weighted by molar-refractivity contribution is 5.69. The van der Waals surface area contributed by atoms with Crippen LogP contribution in [0.1, 0.15) is 12.8 Å². The summed E-state index contributed by atoms with van der Waals surface area (Å²) in [6.07, 6.45) is 1.53. The van der Waals surface area contributed by atoms with Crippen molar-refractivity contribution in [3.05, 3.63) is 24.3 Å². The Kier molecular flexibility index (Phi) is 3.96. The second-order valence-corrected chi connectivity index (χ2v) is 4.41. The second kappa shape index (κ2) is 5.66. The van der Waals surface area contributed by atoms with Gasteiger partial charge in [-0.3, -0.25) is 9.69 Å². The molecule has 0 aromatic carbocycles. The number of nitrogens with zero attached hydrogens (tertiary/aromatic N) is 3. The molecule has 2 aromatic heterocycles. The third-order valence-electron chi connectivity index (χ3n) is 2.61. The van der Waals surface area contributed by atoms with Crippen LogP contribution in [-0.2, 0) is 11.3 Å². The van der Waals surface area contributed by atoms with Crippen molar-refractivity contribution in [2.75, 3.05) is 13.6 Å². The van der Waals surface area contributed by atoms with Crippen LogP contribution in [0.4, 0.5) is 0 Å². The maximum Gasteiger partial charge on any atom is 0.307 e. The van der Waals surface area contributed by atoms with Gasteiger partial charge in [0.05, 0.1) is 18.7 Å². The topological polar surface area (TPSA) is 92.6 Å². The van der Waals surface area contributed by atoms with Crippen LogP contribution in [0.25, 0.3) is 11.7 Å². The molecule has 7 heteroatoms. The number of carbonyl (C=O) groups is 1. The summed E-state index contributed by atoms with van der Waals surface area (Å²) < 4.78 is 10.6. The van der Waals surface area contributed by atoms with Crippen molar-refractivity contribution in [3.63, 3.8) is 0 Å². The molecular weight excluding hydrogens is 250 g/mol. The van der Waals surface area contributed by atoms with Crippen LogP contribution in [-0.4, -0.2) is 39.8 Å². The summed E-state index contributed by atoms with van der Waals surface area (Å²) in [5.41, 5.74) is 0. The van der Waals surface area contributed by atoms with Crippen molar-refractivity contribution in [1.29, 1.82) is 0 Å². The number of hydrogen-bond acceptors (Lipinski definition) is 6. The zero-order valence-corrected chi connectivity index (χ0v) is 10.7. The standard InChI is InChI=1S/C12H15N3O4/c1-8(12(16)17)6-15(2)7-10-13-14-11(19-10)9-4-3-5-18-9/h3-5,8H,6-7H2,1-2H3,(H,16,17). The van der Waals surface area contributed by atoms with Crippen molar-refractivity contribution in [2.45, 2.75) is 13.5 Å². The van der Waals surface area contributed by atoms with Crippen LogP contribution in [0.3, 0.4) is 0 Å². The Balaban J connectivity index is 1.95. The highest BCUT2D eigenvalue weighted by Crippen LogP contribution is 2.18.